The van der Waals surface area contributed by atoms with Crippen LogP contribution in [0.4, 0.5) is 0 Å². The second kappa shape index (κ2) is 7.59. The Morgan fingerprint density at radius 1 is 0.952 bits per heavy atom. The lowest BCUT2D eigenvalue weighted by atomic mass is 10.2. The Labute approximate surface area is 156 Å². The van der Waals surface area contributed by atoms with Crippen LogP contribution in [0.15, 0.2) is 36.4 Å². The molecule has 0 heterocycles. The van der Waals surface area contributed by atoms with Gasteiger partial charge in [-0.25, -0.2) is 0 Å². The molecule has 0 bridgehead atoms. The molecule has 2 aromatic rings. The van der Waals surface area contributed by atoms with Crippen LogP contribution >= 0.6 is 57.4 Å². The maximum atomic E-state index is 5.95. The number of hydrogen-bond donors (Lipinski definition) is 0. The summed E-state index contributed by atoms with van der Waals surface area (Å²) in [6, 6.07) is 11.4. The molecule has 0 radical (unpaired) electrons. The van der Waals surface area contributed by atoms with E-state index in [4.69, 9.17) is 26.4 Å². The third kappa shape index (κ3) is 4.19. The van der Waals surface area contributed by atoms with Crippen molar-refractivity contribution in [3.8, 4) is 17.2 Å². The largest absolute Gasteiger partial charge is 0.497 e. The highest BCUT2D eigenvalue weighted by Crippen LogP contribution is 2.33. The molecule has 0 fully saturated rings. The summed E-state index contributed by atoms with van der Waals surface area (Å²) in [6.07, 6.45) is 0. The average molecular weight is 526 g/mol. The van der Waals surface area contributed by atoms with Crippen molar-refractivity contribution in [2.24, 2.45) is 0 Å². The topological polar surface area (TPSA) is 27.7 Å². The van der Waals surface area contributed by atoms with E-state index < -0.39 is 0 Å². The first-order chi connectivity index (χ1) is 10.0. The van der Waals surface area contributed by atoms with Crippen molar-refractivity contribution in [2.45, 2.75) is 0 Å². The van der Waals surface area contributed by atoms with E-state index in [9.17, 15) is 0 Å². The number of thiocarbonyl (C=S) groups is 1. The van der Waals surface area contributed by atoms with Gasteiger partial charge in [0.1, 0.15) is 11.5 Å². The first kappa shape index (κ1) is 16.8. The van der Waals surface area contributed by atoms with Crippen LogP contribution in [0.25, 0.3) is 0 Å². The molecule has 0 N–H and O–H groups in total. The van der Waals surface area contributed by atoms with Crippen molar-refractivity contribution >= 4 is 62.5 Å². The average Bonchev–Trinajstić information content (AvgIpc) is 2.50. The van der Waals surface area contributed by atoms with Gasteiger partial charge in [0.15, 0.2) is 10.8 Å². The van der Waals surface area contributed by atoms with E-state index in [2.05, 4.69) is 45.2 Å². The third-order valence-electron chi connectivity index (χ3n) is 2.70. The number of rotatable bonds is 4. The van der Waals surface area contributed by atoms with E-state index in [0.717, 1.165) is 30.0 Å². The molecule has 0 spiro atoms. The molecule has 3 nitrogen and oxygen atoms in total. The smallest absolute Gasteiger partial charge is 0.190 e. The monoisotopic (exact) mass is 526 g/mol. The highest BCUT2D eigenvalue weighted by atomic mass is 127. The summed E-state index contributed by atoms with van der Waals surface area (Å²) < 4.78 is 18.1. The fourth-order valence-electron chi connectivity index (χ4n) is 1.65. The quantitative estimate of drug-likeness (QED) is 0.414. The highest BCUT2D eigenvalue weighted by Gasteiger charge is 2.12. The zero-order valence-electron chi connectivity index (χ0n) is 11.4. The second-order valence-electron chi connectivity index (χ2n) is 4.04. The minimum absolute atomic E-state index is 0.474. The van der Waals surface area contributed by atoms with E-state index in [1.54, 1.807) is 14.2 Å². The summed E-state index contributed by atoms with van der Waals surface area (Å²) in [4.78, 5) is 0. The molecule has 0 unspecified atom stereocenters. The Morgan fingerprint density at radius 2 is 1.48 bits per heavy atom. The molecule has 0 aliphatic heterocycles. The van der Waals surface area contributed by atoms with Crippen LogP contribution < -0.4 is 9.47 Å². The zero-order valence-corrected chi connectivity index (χ0v) is 16.5. The molecular weight excluding hydrogens is 514 g/mol. The predicted octanol–water partition coefficient (Wildman–Crippen LogP) is 5.02. The summed E-state index contributed by atoms with van der Waals surface area (Å²) in [5, 5.41) is 0.474. The molecule has 0 atom stereocenters. The summed E-state index contributed by atoms with van der Waals surface area (Å²) >= 11 is 9.62. The lowest BCUT2D eigenvalue weighted by molar-refractivity contribution is 0.412. The fourth-order valence-corrected chi connectivity index (χ4v) is 3.76. The molecule has 0 saturated carbocycles. The maximum absolute atomic E-state index is 5.95. The van der Waals surface area contributed by atoms with Crippen molar-refractivity contribution in [2.75, 3.05) is 14.2 Å². The van der Waals surface area contributed by atoms with Gasteiger partial charge in [-0.3, -0.25) is 0 Å². The Kier molecular flexibility index (Phi) is 6.06. The maximum Gasteiger partial charge on any atom is 0.190 e. The molecule has 2 rings (SSSR count). The summed E-state index contributed by atoms with van der Waals surface area (Å²) in [6.45, 7) is 0. The minimum Gasteiger partial charge on any atom is -0.497 e. The Balaban J connectivity index is 2.29. The van der Waals surface area contributed by atoms with Gasteiger partial charge in [-0.05, 0) is 93.8 Å². The van der Waals surface area contributed by atoms with Gasteiger partial charge in [0.2, 0.25) is 0 Å². The van der Waals surface area contributed by atoms with Crippen molar-refractivity contribution < 1.29 is 14.2 Å². The predicted molar refractivity (Wildman–Crippen MR) is 104 cm³/mol. The molecular formula is C15H12I2O3S. The van der Waals surface area contributed by atoms with E-state index >= 15 is 0 Å². The summed E-state index contributed by atoms with van der Waals surface area (Å²) in [5.74, 6) is 2.37. The Hall–Kier alpha value is -0.610. The van der Waals surface area contributed by atoms with Crippen molar-refractivity contribution in [3.05, 3.63) is 49.1 Å². The van der Waals surface area contributed by atoms with Gasteiger partial charge in [-0.15, -0.1) is 0 Å². The summed E-state index contributed by atoms with van der Waals surface area (Å²) in [5.41, 5.74) is 0.878. The second-order valence-corrected chi connectivity index (χ2v) is 6.73. The SMILES string of the molecule is COC(=S)c1cc(I)c(Oc2ccc(OC)cc2)c(I)c1. The van der Waals surface area contributed by atoms with Crippen LogP contribution in [-0.2, 0) is 4.74 Å². The lowest BCUT2D eigenvalue weighted by Gasteiger charge is -2.12. The van der Waals surface area contributed by atoms with Crippen molar-refractivity contribution in [1.29, 1.82) is 0 Å². The van der Waals surface area contributed by atoms with Gasteiger partial charge < -0.3 is 14.2 Å². The van der Waals surface area contributed by atoms with Crippen LogP contribution in [0, 0.1) is 7.14 Å². The summed E-state index contributed by atoms with van der Waals surface area (Å²) in [7, 11) is 3.21. The van der Waals surface area contributed by atoms with Crippen LogP contribution in [-0.4, -0.2) is 19.3 Å². The standard InChI is InChI=1S/C15H12I2O3S/c1-18-10-3-5-11(6-4-10)20-14-12(16)7-9(8-13(14)17)15(21)19-2/h3-8H,1-2H3. The van der Waals surface area contributed by atoms with Crippen LogP contribution in [0.5, 0.6) is 17.2 Å². The van der Waals surface area contributed by atoms with Gasteiger partial charge in [0.05, 0.1) is 21.4 Å². The minimum atomic E-state index is 0.474. The molecule has 21 heavy (non-hydrogen) atoms. The van der Waals surface area contributed by atoms with Crippen LogP contribution in [0.3, 0.4) is 0 Å². The number of benzene rings is 2. The molecule has 2 aromatic carbocycles. The van der Waals surface area contributed by atoms with Gasteiger partial charge in [-0.2, -0.15) is 0 Å². The highest BCUT2D eigenvalue weighted by molar-refractivity contribution is 14.1. The number of methoxy groups -OCH3 is 2. The zero-order chi connectivity index (χ0) is 15.4. The first-order valence-corrected chi connectivity index (χ1v) is 8.51. The molecule has 0 aliphatic carbocycles. The molecule has 0 saturated heterocycles. The fraction of sp³-hybridized carbons (Fsp3) is 0.133. The van der Waals surface area contributed by atoms with Crippen LogP contribution in [0.1, 0.15) is 5.56 Å². The Morgan fingerprint density at radius 3 is 1.95 bits per heavy atom. The number of hydrogen-bond acceptors (Lipinski definition) is 4. The van der Waals surface area contributed by atoms with E-state index in [0.29, 0.717) is 5.05 Å². The molecule has 0 aromatic heterocycles. The molecule has 0 amide bonds. The van der Waals surface area contributed by atoms with E-state index in [1.807, 2.05) is 36.4 Å². The lowest BCUT2D eigenvalue weighted by Crippen LogP contribution is -2.02. The number of ether oxygens (including phenoxy) is 3. The van der Waals surface area contributed by atoms with Crippen molar-refractivity contribution in [3.63, 3.8) is 0 Å². The molecule has 6 heteroatoms. The van der Waals surface area contributed by atoms with Gasteiger partial charge in [-0.1, -0.05) is 0 Å². The van der Waals surface area contributed by atoms with E-state index in [1.165, 1.54) is 0 Å². The normalized spacial score (nSPS) is 10.1. The first-order valence-electron chi connectivity index (χ1n) is 5.94. The third-order valence-corrected chi connectivity index (χ3v) is 4.70. The van der Waals surface area contributed by atoms with Gasteiger partial charge in [0.25, 0.3) is 0 Å². The molecule has 0 aliphatic rings. The Bertz CT molecular complexity index is 633. The number of halogens is 2. The van der Waals surface area contributed by atoms with Gasteiger partial charge in [0, 0.05) is 5.56 Å². The van der Waals surface area contributed by atoms with E-state index in [-0.39, 0.29) is 0 Å². The molecule has 110 valence electrons. The van der Waals surface area contributed by atoms with Gasteiger partial charge >= 0.3 is 0 Å². The van der Waals surface area contributed by atoms with Crippen LogP contribution in [0.2, 0.25) is 0 Å². The van der Waals surface area contributed by atoms with Crippen molar-refractivity contribution in [1.82, 2.24) is 0 Å².